The van der Waals surface area contributed by atoms with Crippen molar-refractivity contribution in [2.45, 2.75) is 6.54 Å². The standard InChI is InChI=1S/C17H20N4O3/c22-21(23)16-6-7-17(20-8-10-24-11-9-20)14(12-16)13-18-19-15-4-2-1-3-5-15/h1-7,12,18-19H,8-11,13H2. The Morgan fingerprint density at radius 3 is 2.58 bits per heavy atom. The number of rotatable bonds is 6. The van der Waals surface area contributed by atoms with Crippen molar-refractivity contribution >= 4 is 17.1 Å². The Morgan fingerprint density at radius 1 is 1.12 bits per heavy atom. The predicted molar refractivity (Wildman–Crippen MR) is 93.0 cm³/mol. The van der Waals surface area contributed by atoms with Gasteiger partial charge in [0.2, 0.25) is 0 Å². The quantitative estimate of drug-likeness (QED) is 0.627. The Balaban J connectivity index is 1.74. The third kappa shape index (κ3) is 4.01. The molecule has 1 aliphatic heterocycles. The molecule has 126 valence electrons. The number of para-hydroxylation sites is 1. The van der Waals surface area contributed by atoms with Gasteiger partial charge in [-0.25, -0.2) is 5.43 Å². The van der Waals surface area contributed by atoms with Crippen LogP contribution in [-0.4, -0.2) is 31.2 Å². The number of nitro benzene ring substituents is 1. The number of nitro groups is 1. The first-order chi connectivity index (χ1) is 11.7. The molecule has 7 nitrogen and oxygen atoms in total. The van der Waals surface area contributed by atoms with Gasteiger partial charge in [-0.1, -0.05) is 18.2 Å². The molecule has 0 spiro atoms. The molecule has 24 heavy (non-hydrogen) atoms. The number of anilines is 2. The highest BCUT2D eigenvalue weighted by Gasteiger charge is 2.17. The van der Waals surface area contributed by atoms with Crippen molar-refractivity contribution in [1.82, 2.24) is 5.43 Å². The van der Waals surface area contributed by atoms with E-state index in [4.69, 9.17) is 4.74 Å². The summed E-state index contributed by atoms with van der Waals surface area (Å²) >= 11 is 0. The second-order valence-electron chi connectivity index (χ2n) is 5.51. The van der Waals surface area contributed by atoms with E-state index >= 15 is 0 Å². The summed E-state index contributed by atoms with van der Waals surface area (Å²) in [5.74, 6) is 0. The van der Waals surface area contributed by atoms with Gasteiger partial charge >= 0.3 is 0 Å². The van der Waals surface area contributed by atoms with E-state index in [9.17, 15) is 10.1 Å². The van der Waals surface area contributed by atoms with Crippen LogP contribution < -0.4 is 15.8 Å². The van der Waals surface area contributed by atoms with Gasteiger partial charge in [0.1, 0.15) is 0 Å². The molecule has 0 aromatic heterocycles. The molecule has 0 aliphatic carbocycles. The number of ether oxygens (including phenoxy) is 1. The highest BCUT2D eigenvalue weighted by Crippen LogP contribution is 2.26. The van der Waals surface area contributed by atoms with E-state index in [0.717, 1.165) is 30.0 Å². The summed E-state index contributed by atoms with van der Waals surface area (Å²) in [4.78, 5) is 12.9. The van der Waals surface area contributed by atoms with Crippen LogP contribution in [0.3, 0.4) is 0 Å². The largest absolute Gasteiger partial charge is 0.378 e. The number of hydrogen-bond donors (Lipinski definition) is 2. The van der Waals surface area contributed by atoms with Gasteiger partial charge in [0, 0.05) is 43.1 Å². The van der Waals surface area contributed by atoms with Crippen LogP contribution in [0.15, 0.2) is 48.5 Å². The molecule has 7 heteroatoms. The van der Waals surface area contributed by atoms with Gasteiger partial charge in [-0.05, 0) is 23.8 Å². The highest BCUT2D eigenvalue weighted by molar-refractivity contribution is 5.58. The van der Waals surface area contributed by atoms with E-state index < -0.39 is 0 Å². The average molecular weight is 328 g/mol. The molecular formula is C17H20N4O3. The molecule has 2 aromatic rings. The maximum Gasteiger partial charge on any atom is 0.269 e. The summed E-state index contributed by atoms with van der Waals surface area (Å²) in [6.45, 7) is 3.40. The first kappa shape index (κ1) is 16.2. The molecule has 1 aliphatic rings. The third-order valence-electron chi connectivity index (χ3n) is 3.91. The van der Waals surface area contributed by atoms with Crippen molar-refractivity contribution in [3.63, 3.8) is 0 Å². The second-order valence-corrected chi connectivity index (χ2v) is 5.51. The Morgan fingerprint density at radius 2 is 1.88 bits per heavy atom. The van der Waals surface area contributed by atoms with Gasteiger partial charge in [-0.3, -0.25) is 10.1 Å². The number of hydrogen-bond acceptors (Lipinski definition) is 6. The molecule has 0 amide bonds. The van der Waals surface area contributed by atoms with Crippen LogP contribution in [0.5, 0.6) is 0 Å². The Hall–Kier alpha value is -2.64. The van der Waals surface area contributed by atoms with Crippen molar-refractivity contribution in [2.75, 3.05) is 36.6 Å². The minimum absolute atomic E-state index is 0.100. The van der Waals surface area contributed by atoms with Crippen LogP contribution in [-0.2, 0) is 11.3 Å². The van der Waals surface area contributed by atoms with Gasteiger partial charge in [0.25, 0.3) is 5.69 Å². The minimum Gasteiger partial charge on any atom is -0.378 e. The lowest BCUT2D eigenvalue weighted by Crippen LogP contribution is -2.37. The van der Waals surface area contributed by atoms with Crippen molar-refractivity contribution in [2.24, 2.45) is 0 Å². The summed E-state index contributed by atoms with van der Waals surface area (Å²) in [6, 6.07) is 14.7. The predicted octanol–water partition coefficient (Wildman–Crippen LogP) is 2.55. The molecule has 1 saturated heterocycles. The van der Waals surface area contributed by atoms with E-state index in [1.807, 2.05) is 36.4 Å². The first-order valence-electron chi connectivity index (χ1n) is 7.88. The lowest BCUT2D eigenvalue weighted by molar-refractivity contribution is -0.384. The fourth-order valence-electron chi connectivity index (χ4n) is 2.70. The molecule has 0 atom stereocenters. The molecule has 0 saturated carbocycles. The number of nitrogens with zero attached hydrogens (tertiary/aromatic N) is 2. The average Bonchev–Trinajstić information content (AvgIpc) is 2.63. The summed E-state index contributed by atoms with van der Waals surface area (Å²) in [6.07, 6.45) is 0. The zero-order valence-electron chi connectivity index (χ0n) is 13.3. The van der Waals surface area contributed by atoms with Crippen LogP contribution in [0.1, 0.15) is 5.56 Å². The molecule has 0 unspecified atom stereocenters. The summed E-state index contributed by atoms with van der Waals surface area (Å²) < 4.78 is 5.38. The lowest BCUT2D eigenvalue weighted by Gasteiger charge is -2.30. The first-order valence-corrected chi connectivity index (χ1v) is 7.88. The van der Waals surface area contributed by atoms with E-state index in [1.54, 1.807) is 12.1 Å². The molecule has 1 fully saturated rings. The SMILES string of the molecule is O=[N+]([O-])c1ccc(N2CCOCC2)c(CNNc2ccccc2)c1. The normalized spacial score (nSPS) is 14.4. The van der Waals surface area contributed by atoms with Gasteiger partial charge in [-0.2, -0.15) is 0 Å². The van der Waals surface area contributed by atoms with Gasteiger partial charge in [0.05, 0.1) is 18.1 Å². The van der Waals surface area contributed by atoms with Crippen LogP contribution in [0.2, 0.25) is 0 Å². The maximum atomic E-state index is 11.1. The Labute approximate surface area is 140 Å². The zero-order chi connectivity index (χ0) is 16.8. The number of nitrogens with one attached hydrogen (secondary N) is 2. The summed E-state index contributed by atoms with van der Waals surface area (Å²) in [5, 5.41) is 11.1. The van der Waals surface area contributed by atoms with E-state index in [2.05, 4.69) is 15.8 Å². The monoisotopic (exact) mass is 328 g/mol. The fraction of sp³-hybridized carbons (Fsp3) is 0.294. The van der Waals surface area contributed by atoms with Gasteiger partial charge in [0.15, 0.2) is 0 Å². The molecule has 0 radical (unpaired) electrons. The molecular weight excluding hydrogens is 308 g/mol. The van der Waals surface area contributed by atoms with Crippen molar-refractivity contribution < 1.29 is 9.66 Å². The minimum atomic E-state index is -0.364. The van der Waals surface area contributed by atoms with Crippen LogP contribution in [0.25, 0.3) is 0 Å². The Kier molecular flexibility index (Phi) is 5.25. The fourth-order valence-corrected chi connectivity index (χ4v) is 2.70. The molecule has 0 bridgehead atoms. The number of non-ortho nitro benzene ring substituents is 1. The molecule has 2 N–H and O–H groups in total. The highest BCUT2D eigenvalue weighted by atomic mass is 16.6. The van der Waals surface area contributed by atoms with Gasteiger partial charge < -0.3 is 15.1 Å². The van der Waals surface area contributed by atoms with Crippen molar-refractivity contribution in [3.05, 3.63) is 64.2 Å². The van der Waals surface area contributed by atoms with Crippen LogP contribution in [0.4, 0.5) is 17.1 Å². The van der Waals surface area contributed by atoms with E-state index in [-0.39, 0.29) is 10.6 Å². The number of benzene rings is 2. The van der Waals surface area contributed by atoms with Gasteiger partial charge in [-0.15, -0.1) is 0 Å². The summed E-state index contributed by atoms with van der Waals surface area (Å²) in [7, 11) is 0. The molecule has 2 aromatic carbocycles. The molecule has 3 rings (SSSR count). The van der Waals surface area contributed by atoms with Crippen molar-refractivity contribution in [3.8, 4) is 0 Å². The number of hydrazine groups is 1. The smallest absolute Gasteiger partial charge is 0.269 e. The lowest BCUT2D eigenvalue weighted by atomic mass is 10.1. The Bertz CT molecular complexity index is 687. The van der Waals surface area contributed by atoms with Crippen molar-refractivity contribution in [1.29, 1.82) is 0 Å². The van der Waals surface area contributed by atoms with Crippen LogP contribution in [0, 0.1) is 10.1 Å². The van der Waals surface area contributed by atoms with Crippen LogP contribution >= 0.6 is 0 Å². The molecule has 1 heterocycles. The zero-order valence-corrected chi connectivity index (χ0v) is 13.3. The van der Waals surface area contributed by atoms with E-state index in [0.29, 0.717) is 19.8 Å². The van der Waals surface area contributed by atoms with E-state index in [1.165, 1.54) is 0 Å². The number of morpholine rings is 1. The second kappa shape index (κ2) is 7.76. The maximum absolute atomic E-state index is 11.1. The topological polar surface area (TPSA) is 79.7 Å². The summed E-state index contributed by atoms with van der Waals surface area (Å²) in [5.41, 5.74) is 9.17. The third-order valence-corrected chi connectivity index (χ3v) is 3.91.